The number of hydrogen-bond acceptors (Lipinski definition) is 6. The Morgan fingerprint density at radius 1 is 1.67 bits per heavy atom. The Balaban J connectivity index is 0.00000220. The van der Waals surface area contributed by atoms with Crippen molar-refractivity contribution in [3.8, 4) is 0 Å². The molecule has 1 amide bonds. The molecule has 0 bridgehead atoms. The average Bonchev–Trinajstić information content (AvgIpc) is 2.71. The van der Waals surface area contributed by atoms with Crippen LogP contribution in [0.15, 0.2) is 10.6 Å². The van der Waals surface area contributed by atoms with Crippen LogP contribution in [0.25, 0.3) is 0 Å². The topological polar surface area (TPSA) is 131 Å². The number of amides is 1. The van der Waals surface area contributed by atoms with E-state index in [0.29, 0.717) is 17.7 Å². The van der Waals surface area contributed by atoms with Gasteiger partial charge in [-0.1, -0.05) is 6.92 Å². The molecule has 0 aliphatic carbocycles. The number of thioether (sulfide) groups is 1. The average molecular weight is 321 g/mol. The maximum atomic E-state index is 11.9. The predicted molar refractivity (Wildman–Crippen MR) is 71.9 cm³/mol. The summed E-state index contributed by atoms with van der Waals surface area (Å²) in [6, 6.07) is -1.02. The summed E-state index contributed by atoms with van der Waals surface area (Å²) in [6.45, 7) is 1.90. The summed E-state index contributed by atoms with van der Waals surface area (Å²) in [5, 5.41) is 26.9. The Labute approximate surface area is 148 Å². The smallest absolute Gasteiger partial charge is 0.861 e. The second-order valence-electron chi connectivity index (χ2n) is 4.85. The van der Waals surface area contributed by atoms with E-state index in [4.69, 9.17) is 11.1 Å². The van der Waals surface area contributed by atoms with Gasteiger partial charge in [0, 0.05) is 23.1 Å². The second kappa shape index (κ2) is 7.15. The van der Waals surface area contributed by atoms with Crippen LogP contribution in [0.4, 0.5) is 0 Å². The summed E-state index contributed by atoms with van der Waals surface area (Å²) in [4.78, 5) is 25.1. The standard InChI is InChI=1S/C12H17N3O4S.Na/c1-2-5-7-3-8(20-4-6(13)10(14)16)9(12(18)19)15(7)11(5)17;/h5-7H,2-4,13H2,1H3,(H2,14,16)(H,18,19);/q;+1/p-1/t5-,6-,7-;/m1./s1. The van der Waals surface area contributed by atoms with E-state index in [-0.39, 0.29) is 58.9 Å². The van der Waals surface area contributed by atoms with Crippen molar-refractivity contribution < 1.29 is 49.4 Å². The van der Waals surface area contributed by atoms with Crippen molar-refractivity contribution in [2.75, 3.05) is 5.75 Å². The molecule has 2 heterocycles. The number of fused-ring (bicyclic) bond motifs is 1. The summed E-state index contributed by atoms with van der Waals surface area (Å²) in [5.74, 6) is -2.12. The number of carbonyl (C=O) groups is 2. The molecule has 21 heavy (non-hydrogen) atoms. The van der Waals surface area contributed by atoms with Gasteiger partial charge in [-0.2, -0.15) is 0 Å². The molecule has 0 radical (unpaired) electrons. The van der Waals surface area contributed by atoms with Crippen molar-refractivity contribution in [1.82, 2.24) is 4.90 Å². The molecule has 2 rings (SSSR count). The van der Waals surface area contributed by atoms with Crippen molar-refractivity contribution in [2.24, 2.45) is 11.7 Å². The van der Waals surface area contributed by atoms with Crippen molar-refractivity contribution in [3.63, 3.8) is 0 Å². The van der Waals surface area contributed by atoms with Crippen molar-refractivity contribution in [1.29, 1.82) is 5.41 Å². The fourth-order valence-electron chi connectivity index (χ4n) is 2.60. The van der Waals surface area contributed by atoms with Gasteiger partial charge in [0.15, 0.2) is 0 Å². The minimum Gasteiger partial charge on any atom is -0.861 e. The summed E-state index contributed by atoms with van der Waals surface area (Å²) in [7, 11) is 0. The number of carboxylic acid groups (broad SMARTS) is 1. The minimum absolute atomic E-state index is 0. The van der Waals surface area contributed by atoms with Gasteiger partial charge in [0.05, 0.1) is 12.0 Å². The molecule has 0 unspecified atom stereocenters. The molecule has 1 saturated heterocycles. The number of hydrogen-bond donors (Lipinski definition) is 3. The van der Waals surface area contributed by atoms with E-state index in [1.165, 1.54) is 4.90 Å². The SMILES string of the molecule is CC[C@H]1C(=O)N2C(C(=O)O)=C(SC[C@@H](N)C(=N)[O-])C[C@H]12.[Na+]. The fourth-order valence-corrected chi connectivity index (χ4v) is 3.74. The molecule has 3 atom stereocenters. The van der Waals surface area contributed by atoms with Crippen molar-refractivity contribution in [2.45, 2.75) is 31.8 Å². The van der Waals surface area contributed by atoms with Crippen LogP contribution in [-0.4, -0.2) is 45.6 Å². The monoisotopic (exact) mass is 321 g/mol. The Kier molecular flexibility index (Phi) is 6.30. The first kappa shape index (κ1) is 18.5. The largest absolute Gasteiger partial charge is 1.00 e. The van der Waals surface area contributed by atoms with Gasteiger partial charge in [-0.3, -0.25) is 4.79 Å². The first-order chi connectivity index (χ1) is 9.38. The van der Waals surface area contributed by atoms with Gasteiger partial charge in [0.2, 0.25) is 5.91 Å². The van der Waals surface area contributed by atoms with E-state index in [1.807, 2.05) is 6.92 Å². The minimum atomic E-state index is -1.14. The molecule has 0 aromatic heterocycles. The van der Waals surface area contributed by atoms with Gasteiger partial charge >= 0.3 is 35.5 Å². The number of carboxylic acids is 1. The summed E-state index contributed by atoms with van der Waals surface area (Å²) < 4.78 is 0. The van der Waals surface area contributed by atoms with E-state index in [2.05, 4.69) is 0 Å². The Morgan fingerprint density at radius 3 is 2.76 bits per heavy atom. The van der Waals surface area contributed by atoms with Gasteiger partial charge in [0.25, 0.3) is 0 Å². The van der Waals surface area contributed by atoms with E-state index in [0.717, 1.165) is 11.8 Å². The molecule has 110 valence electrons. The van der Waals surface area contributed by atoms with E-state index in [1.54, 1.807) is 0 Å². The first-order valence-corrected chi connectivity index (χ1v) is 7.30. The fraction of sp³-hybridized carbons (Fsp3) is 0.583. The van der Waals surface area contributed by atoms with Gasteiger partial charge in [-0.25, -0.2) is 4.79 Å². The third kappa shape index (κ3) is 3.29. The zero-order chi connectivity index (χ0) is 15.0. The van der Waals surface area contributed by atoms with Crippen LogP contribution in [0.5, 0.6) is 0 Å². The molecule has 0 spiro atoms. The Hall–Kier alpha value is -0.540. The number of rotatable bonds is 6. The maximum Gasteiger partial charge on any atom is 1.00 e. The van der Waals surface area contributed by atoms with E-state index in [9.17, 15) is 19.8 Å². The molecular weight excluding hydrogens is 305 g/mol. The molecule has 9 heteroatoms. The maximum absolute atomic E-state index is 11.9. The molecule has 4 N–H and O–H groups in total. The molecule has 0 aromatic carbocycles. The van der Waals surface area contributed by atoms with Crippen LogP contribution in [-0.2, 0) is 9.59 Å². The molecule has 0 saturated carbocycles. The molecule has 0 aromatic rings. The van der Waals surface area contributed by atoms with Crippen LogP contribution in [0.1, 0.15) is 19.8 Å². The molecule has 7 nitrogen and oxygen atoms in total. The van der Waals surface area contributed by atoms with Crippen molar-refractivity contribution >= 4 is 29.5 Å². The predicted octanol–water partition coefficient (Wildman–Crippen LogP) is -3.67. The third-order valence-electron chi connectivity index (χ3n) is 3.67. The van der Waals surface area contributed by atoms with Crippen LogP contribution in [0.2, 0.25) is 0 Å². The molecule has 2 aliphatic rings. The third-order valence-corrected chi connectivity index (χ3v) is 4.90. The van der Waals surface area contributed by atoms with Crippen LogP contribution in [0.3, 0.4) is 0 Å². The number of nitrogens with two attached hydrogens (primary N) is 1. The number of aliphatic carboxylic acids is 1. The quantitative estimate of drug-likeness (QED) is 0.200. The van der Waals surface area contributed by atoms with Gasteiger partial charge in [-0.05, 0) is 12.3 Å². The van der Waals surface area contributed by atoms with Crippen LogP contribution in [0, 0.1) is 11.3 Å². The van der Waals surface area contributed by atoms with E-state index >= 15 is 0 Å². The second-order valence-corrected chi connectivity index (χ2v) is 5.97. The molecule has 1 fully saturated rings. The van der Waals surface area contributed by atoms with Crippen LogP contribution < -0.4 is 40.4 Å². The zero-order valence-corrected chi connectivity index (χ0v) is 14.8. The molecular formula is C12H16N3NaO4S. The van der Waals surface area contributed by atoms with Crippen LogP contribution >= 0.6 is 11.8 Å². The van der Waals surface area contributed by atoms with E-state index < -0.39 is 17.9 Å². The number of β-lactam (4-membered cyclic amide) rings is 1. The number of carbonyl (C=O) groups excluding carboxylic acids is 1. The number of nitrogens with zero attached hydrogens (tertiary/aromatic N) is 1. The van der Waals surface area contributed by atoms with Crippen molar-refractivity contribution in [3.05, 3.63) is 10.6 Å². The number of nitrogens with one attached hydrogen (secondary N) is 1. The normalized spacial score (nSPS) is 25.0. The Morgan fingerprint density at radius 2 is 2.29 bits per heavy atom. The zero-order valence-electron chi connectivity index (χ0n) is 12.0. The van der Waals surface area contributed by atoms with Gasteiger partial charge in [-0.15, -0.1) is 11.8 Å². The Bertz CT molecular complexity index is 511. The summed E-state index contributed by atoms with van der Waals surface area (Å²) in [5.41, 5.74) is 5.49. The summed E-state index contributed by atoms with van der Waals surface area (Å²) >= 11 is 1.16. The molecule has 2 aliphatic heterocycles. The first-order valence-electron chi connectivity index (χ1n) is 6.31. The van der Waals surface area contributed by atoms with Gasteiger partial charge in [0.1, 0.15) is 5.70 Å². The summed E-state index contributed by atoms with van der Waals surface area (Å²) in [6.07, 6.45) is 1.19. The van der Waals surface area contributed by atoms with Gasteiger partial charge < -0.3 is 26.3 Å².